The van der Waals surface area contributed by atoms with Gasteiger partial charge in [-0.15, -0.1) is 10.2 Å². The maximum Gasteiger partial charge on any atom is 0.153 e. The molecule has 0 fully saturated rings. The Morgan fingerprint density at radius 1 is 1.05 bits per heavy atom. The first kappa shape index (κ1) is 12.7. The molecule has 0 radical (unpaired) electrons. The van der Waals surface area contributed by atoms with Crippen molar-refractivity contribution in [1.82, 2.24) is 10.2 Å². The maximum absolute atomic E-state index is 9.92. The van der Waals surface area contributed by atoms with Crippen molar-refractivity contribution in [2.24, 2.45) is 0 Å². The molecule has 1 aliphatic rings. The number of rotatable bonds is 2. The van der Waals surface area contributed by atoms with E-state index < -0.39 is 0 Å². The molecule has 4 nitrogen and oxygen atoms in total. The Hall–Kier alpha value is -2.36. The number of aromatic nitrogens is 2. The lowest BCUT2D eigenvalue weighted by Crippen LogP contribution is -2.02. The van der Waals surface area contributed by atoms with Gasteiger partial charge < -0.3 is 10.8 Å². The summed E-state index contributed by atoms with van der Waals surface area (Å²) >= 11 is 0. The molecule has 2 aromatic rings. The van der Waals surface area contributed by atoms with Crippen LogP contribution in [0.4, 0.5) is 5.82 Å². The van der Waals surface area contributed by atoms with Gasteiger partial charge in [-0.1, -0.05) is 18.2 Å². The third-order valence-electron chi connectivity index (χ3n) is 3.64. The zero-order valence-corrected chi connectivity index (χ0v) is 11.2. The fraction of sp³-hybridized carbons (Fsp3) is 0.250. The average Bonchev–Trinajstić information content (AvgIpc) is 2.49. The van der Waals surface area contributed by atoms with Gasteiger partial charge >= 0.3 is 0 Å². The zero-order valence-electron chi connectivity index (χ0n) is 11.2. The van der Waals surface area contributed by atoms with Gasteiger partial charge in [0.2, 0.25) is 0 Å². The molecule has 3 N–H and O–H groups in total. The van der Waals surface area contributed by atoms with Crippen LogP contribution in [0.3, 0.4) is 0 Å². The molecule has 3 rings (SSSR count). The van der Waals surface area contributed by atoms with Gasteiger partial charge in [0.05, 0.1) is 5.69 Å². The molecule has 0 saturated heterocycles. The molecule has 1 aliphatic carbocycles. The van der Waals surface area contributed by atoms with Crippen LogP contribution < -0.4 is 5.73 Å². The van der Waals surface area contributed by atoms with Crippen LogP contribution >= 0.6 is 0 Å². The van der Waals surface area contributed by atoms with Crippen LogP contribution in [-0.4, -0.2) is 15.3 Å². The van der Waals surface area contributed by atoms with Crippen molar-refractivity contribution >= 4 is 11.4 Å². The highest BCUT2D eigenvalue weighted by Gasteiger charge is 2.14. The van der Waals surface area contributed by atoms with Crippen molar-refractivity contribution in [2.75, 3.05) is 5.73 Å². The molecule has 0 unspecified atom stereocenters. The predicted octanol–water partition coefficient (Wildman–Crippen LogP) is 3.39. The third-order valence-corrected chi connectivity index (χ3v) is 3.64. The van der Waals surface area contributed by atoms with Gasteiger partial charge in [-0.25, -0.2) is 0 Å². The Labute approximate surface area is 118 Å². The lowest BCUT2D eigenvalue weighted by Gasteiger charge is -2.15. The second-order valence-corrected chi connectivity index (χ2v) is 5.02. The normalized spacial score (nSPS) is 14.9. The van der Waals surface area contributed by atoms with E-state index in [1.54, 1.807) is 12.1 Å². The fourth-order valence-corrected chi connectivity index (χ4v) is 2.56. The van der Waals surface area contributed by atoms with E-state index in [1.807, 2.05) is 18.2 Å². The van der Waals surface area contributed by atoms with Crippen LogP contribution in [0.5, 0.6) is 5.75 Å². The van der Waals surface area contributed by atoms with Gasteiger partial charge in [0.25, 0.3) is 0 Å². The molecule has 0 saturated carbocycles. The first-order valence-corrected chi connectivity index (χ1v) is 6.86. The number of phenols is 1. The van der Waals surface area contributed by atoms with E-state index in [4.69, 9.17) is 5.73 Å². The Kier molecular flexibility index (Phi) is 3.37. The lowest BCUT2D eigenvalue weighted by molar-refractivity contribution is 0.477. The first-order valence-electron chi connectivity index (χ1n) is 6.86. The quantitative estimate of drug-likeness (QED) is 0.874. The summed E-state index contributed by atoms with van der Waals surface area (Å²) in [5.74, 6) is 0.660. The number of hydrogen-bond acceptors (Lipinski definition) is 4. The highest BCUT2D eigenvalue weighted by Crippen LogP contribution is 2.33. The lowest BCUT2D eigenvalue weighted by atomic mass is 9.93. The third kappa shape index (κ3) is 2.37. The minimum Gasteiger partial charge on any atom is -0.507 e. The number of nitrogens with zero attached hydrogens (tertiary/aromatic N) is 2. The molecular formula is C16H17N3O. The Balaban J connectivity index is 2.07. The van der Waals surface area contributed by atoms with Crippen molar-refractivity contribution in [3.05, 3.63) is 42.0 Å². The van der Waals surface area contributed by atoms with Crippen LogP contribution in [0.25, 0.3) is 16.8 Å². The summed E-state index contributed by atoms with van der Waals surface area (Å²) in [6, 6.07) is 9.05. The number of anilines is 1. The number of aromatic hydroxyl groups is 1. The standard InChI is InChI=1S/C16H17N3O/c17-16-13(11-6-2-1-3-7-11)10-14(18-19-16)12-8-4-5-9-15(12)20/h4-6,8-10,20H,1-3,7H2,(H2,17,19). The molecule has 1 aromatic carbocycles. The summed E-state index contributed by atoms with van der Waals surface area (Å²) in [6.07, 6.45) is 6.75. The van der Waals surface area contributed by atoms with Crippen molar-refractivity contribution in [2.45, 2.75) is 25.7 Å². The minimum atomic E-state index is 0.204. The second kappa shape index (κ2) is 5.33. The highest BCUT2D eigenvalue weighted by molar-refractivity contribution is 5.77. The summed E-state index contributed by atoms with van der Waals surface area (Å²) in [6.45, 7) is 0. The number of nitrogens with two attached hydrogens (primary N) is 1. The number of nitrogen functional groups attached to an aromatic ring is 1. The van der Waals surface area contributed by atoms with E-state index >= 15 is 0 Å². The summed E-state index contributed by atoms with van der Waals surface area (Å²) in [5, 5.41) is 18.1. The fourth-order valence-electron chi connectivity index (χ4n) is 2.56. The summed E-state index contributed by atoms with van der Waals surface area (Å²) < 4.78 is 0. The Morgan fingerprint density at radius 3 is 2.65 bits per heavy atom. The summed E-state index contributed by atoms with van der Waals surface area (Å²) in [5.41, 5.74) is 9.47. The van der Waals surface area contributed by atoms with Crippen LogP contribution in [0.15, 0.2) is 36.4 Å². The SMILES string of the molecule is Nc1nnc(-c2ccccc2O)cc1C1=CCCCC1. The first-order chi connectivity index (χ1) is 9.75. The molecule has 0 atom stereocenters. The van der Waals surface area contributed by atoms with Crippen molar-refractivity contribution in [1.29, 1.82) is 0 Å². The topological polar surface area (TPSA) is 72.0 Å². The molecular weight excluding hydrogens is 250 g/mol. The minimum absolute atomic E-state index is 0.204. The Morgan fingerprint density at radius 2 is 1.90 bits per heavy atom. The summed E-state index contributed by atoms with van der Waals surface area (Å²) in [7, 11) is 0. The van der Waals surface area contributed by atoms with E-state index in [2.05, 4.69) is 16.3 Å². The van der Waals surface area contributed by atoms with Gasteiger partial charge in [0.15, 0.2) is 5.82 Å². The number of allylic oxidation sites excluding steroid dienone is 2. The second-order valence-electron chi connectivity index (χ2n) is 5.02. The smallest absolute Gasteiger partial charge is 0.153 e. The van der Waals surface area contributed by atoms with E-state index in [-0.39, 0.29) is 5.75 Å². The van der Waals surface area contributed by atoms with Crippen molar-refractivity contribution in [3.63, 3.8) is 0 Å². The number of benzene rings is 1. The molecule has 4 heteroatoms. The van der Waals surface area contributed by atoms with Crippen LogP contribution in [0, 0.1) is 0 Å². The molecule has 0 spiro atoms. The van der Waals surface area contributed by atoms with E-state index in [0.717, 1.165) is 18.4 Å². The van der Waals surface area contributed by atoms with Gasteiger partial charge in [0.1, 0.15) is 5.75 Å². The van der Waals surface area contributed by atoms with Gasteiger partial charge in [-0.2, -0.15) is 0 Å². The number of phenolic OH excluding ortho intramolecular Hbond substituents is 1. The largest absolute Gasteiger partial charge is 0.507 e. The van der Waals surface area contributed by atoms with E-state index in [0.29, 0.717) is 17.1 Å². The van der Waals surface area contributed by atoms with Crippen molar-refractivity contribution in [3.8, 4) is 17.0 Å². The molecule has 1 aromatic heterocycles. The molecule has 20 heavy (non-hydrogen) atoms. The zero-order chi connectivity index (χ0) is 13.9. The molecule has 102 valence electrons. The van der Waals surface area contributed by atoms with Crippen LogP contribution in [-0.2, 0) is 0 Å². The van der Waals surface area contributed by atoms with E-state index in [9.17, 15) is 5.11 Å². The van der Waals surface area contributed by atoms with Crippen LogP contribution in [0.1, 0.15) is 31.2 Å². The monoisotopic (exact) mass is 267 g/mol. The van der Waals surface area contributed by atoms with Crippen molar-refractivity contribution < 1.29 is 5.11 Å². The van der Waals surface area contributed by atoms with Gasteiger partial charge in [-0.3, -0.25) is 0 Å². The van der Waals surface area contributed by atoms with Crippen LogP contribution in [0.2, 0.25) is 0 Å². The Bertz CT molecular complexity index is 665. The van der Waals surface area contributed by atoms with Gasteiger partial charge in [0, 0.05) is 11.1 Å². The number of hydrogen-bond donors (Lipinski definition) is 2. The molecule has 0 aliphatic heterocycles. The average molecular weight is 267 g/mol. The summed E-state index contributed by atoms with van der Waals surface area (Å²) in [4.78, 5) is 0. The number of para-hydroxylation sites is 1. The molecule has 1 heterocycles. The molecule has 0 amide bonds. The predicted molar refractivity (Wildman–Crippen MR) is 80.0 cm³/mol. The van der Waals surface area contributed by atoms with Gasteiger partial charge in [-0.05, 0) is 49.5 Å². The maximum atomic E-state index is 9.92. The van der Waals surface area contributed by atoms with E-state index in [1.165, 1.54) is 18.4 Å². The highest BCUT2D eigenvalue weighted by atomic mass is 16.3. The molecule has 0 bridgehead atoms.